The molecule has 142 valence electrons. The van der Waals surface area contributed by atoms with Crippen molar-refractivity contribution >= 4 is 34.8 Å². The molecule has 1 unspecified atom stereocenters. The summed E-state index contributed by atoms with van der Waals surface area (Å²) in [7, 11) is 0. The Labute approximate surface area is 168 Å². The molecule has 0 aromatic heterocycles. The maximum Gasteiger partial charge on any atom is 0.254 e. The summed E-state index contributed by atoms with van der Waals surface area (Å²) in [4.78, 5) is 15.5. The first-order valence-electron chi connectivity index (χ1n) is 9.03. The van der Waals surface area contributed by atoms with Crippen molar-refractivity contribution in [1.29, 1.82) is 0 Å². The Bertz CT molecular complexity index is 855. The molecule has 27 heavy (non-hydrogen) atoms. The standard InChI is InChI=1S/C20H21Cl2N3O2/c21-14-5-6-18-16(13-14)20(19(26)24-18,15-3-1-2-4-17(15)22)23-7-8-25-9-11-27-12-10-25/h1-6,13,23H,7-12H2,(H,24,26). The van der Waals surface area contributed by atoms with Gasteiger partial charge in [-0.3, -0.25) is 15.0 Å². The predicted molar refractivity (Wildman–Crippen MR) is 108 cm³/mol. The van der Waals surface area contributed by atoms with Gasteiger partial charge >= 0.3 is 0 Å². The van der Waals surface area contributed by atoms with Gasteiger partial charge in [0.25, 0.3) is 5.91 Å². The van der Waals surface area contributed by atoms with Crippen molar-refractivity contribution in [3.05, 3.63) is 63.6 Å². The van der Waals surface area contributed by atoms with Crippen LogP contribution in [0.25, 0.3) is 0 Å². The molecule has 2 aromatic carbocycles. The molecule has 2 aliphatic heterocycles. The van der Waals surface area contributed by atoms with Crippen LogP contribution in [0.3, 0.4) is 0 Å². The zero-order chi connectivity index (χ0) is 18.9. The molecule has 4 rings (SSSR count). The lowest BCUT2D eigenvalue weighted by Crippen LogP contribution is -2.52. The van der Waals surface area contributed by atoms with Crippen molar-refractivity contribution in [1.82, 2.24) is 10.2 Å². The molecule has 0 aliphatic carbocycles. The number of nitrogens with one attached hydrogen (secondary N) is 2. The third kappa shape index (κ3) is 3.46. The molecule has 1 atom stereocenters. The van der Waals surface area contributed by atoms with Gasteiger partial charge in [0.15, 0.2) is 5.54 Å². The summed E-state index contributed by atoms with van der Waals surface area (Å²) >= 11 is 12.8. The number of nitrogens with zero attached hydrogens (tertiary/aromatic N) is 1. The lowest BCUT2D eigenvalue weighted by Gasteiger charge is -2.33. The normalized spacial score (nSPS) is 22.5. The zero-order valence-corrected chi connectivity index (χ0v) is 16.3. The summed E-state index contributed by atoms with van der Waals surface area (Å²) in [5, 5.41) is 7.59. The van der Waals surface area contributed by atoms with E-state index in [1.165, 1.54) is 0 Å². The molecule has 1 amide bonds. The molecule has 2 N–H and O–H groups in total. The first-order valence-corrected chi connectivity index (χ1v) is 9.78. The van der Waals surface area contributed by atoms with Gasteiger partial charge in [0.1, 0.15) is 0 Å². The summed E-state index contributed by atoms with van der Waals surface area (Å²) in [6.45, 7) is 4.73. The Morgan fingerprint density at radius 3 is 2.67 bits per heavy atom. The molecule has 5 nitrogen and oxygen atoms in total. The van der Waals surface area contributed by atoms with Crippen LogP contribution in [0.1, 0.15) is 11.1 Å². The Balaban J connectivity index is 1.70. The van der Waals surface area contributed by atoms with E-state index in [9.17, 15) is 4.79 Å². The molecule has 2 aliphatic rings. The van der Waals surface area contributed by atoms with E-state index in [0.717, 1.165) is 49.7 Å². The van der Waals surface area contributed by atoms with Gasteiger partial charge in [-0.1, -0.05) is 41.4 Å². The van der Waals surface area contributed by atoms with E-state index >= 15 is 0 Å². The predicted octanol–water partition coefficient (Wildman–Crippen LogP) is 3.11. The second kappa shape index (κ2) is 7.78. The number of rotatable bonds is 5. The summed E-state index contributed by atoms with van der Waals surface area (Å²) in [6.07, 6.45) is 0. The highest BCUT2D eigenvalue weighted by atomic mass is 35.5. The maximum atomic E-state index is 13.2. The number of halogens is 2. The molecule has 0 bridgehead atoms. The fourth-order valence-corrected chi connectivity index (χ4v) is 4.25. The first-order chi connectivity index (χ1) is 13.1. The molecule has 0 radical (unpaired) electrons. The number of ether oxygens (including phenoxy) is 1. The van der Waals surface area contributed by atoms with Crippen LogP contribution in [0.5, 0.6) is 0 Å². The second-order valence-corrected chi connectivity index (χ2v) is 7.60. The maximum absolute atomic E-state index is 13.2. The molecule has 1 saturated heterocycles. The van der Waals surface area contributed by atoms with Crippen molar-refractivity contribution in [3.63, 3.8) is 0 Å². The van der Waals surface area contributed by atoms with Crippen LogP contribution in [-0.4, -0.2) is 50.2 Å². The highest BCUT2D eigenvalue weighted by Gasteiger charge is 2.49. The lowest BCUT2D eigenvalue weighted by molar-refractivity contribution is -0.120. The van der Waals surface area contributed by atoms with Crippen molar-refractivity contribution in [2.75, 3.05) is 44.7 Å². The number of hydrogen-bond donors (Lipinski definition) is 2. The van der Waals surface area contributed by atoms with Gasteiger partial charge in [-0.25, -0.2) is 0 Å². The highest BCUT2D eigenvalue weighted by Crippen LogP contribution is 2.44. The van der Waals surface area contributed by atoms with Gasteiger partial charge in [0.2, 0.25) is 0 Å². The number of benzene rings is 2. The Morgan fingerprint density at radius 2 is 1.89 bits per heavy atom. The third-order valence-corrected chi connectivity index (χ3v) is 5.74. The van der Waals surface area contributed by atoms with Gasteiger partial charge in [-0.05, 0) is 24.3 Å². The lowest BCUT2D eigenvalue weighted by atomic mass is 9.83. The van der Waals surface area contributed by atoms with E-state index in [-0.39, 0.29) is 5.91 Å². The second-order valence-electron chi connectivity index (χ2n) is 6.75. The highest BCUT2D eigenvalue weighted by molar-refractivity contribution is 6.32. The van der Waals surface area contributed by atoms with Crippen molar-refractivity contribution in [2.45, 2.75) is 5.54 Å². The minimum atomic E-state index is -1.06. The van der Waals surface area contributed by atoms with E-state index in [1.54, 1.807) is 12.1 Å². The average Bonchev–Trinajstić information content (AvgIpc) is 2.95. The van der Waals surface area contributed by atoms with E-state index in [1.807, 2.05) is 30.3 Å². The van der Waals surface area contributed by atoms with Crippen LogP contribution < -0.4 is 10.6 Å². The van der Waals surface area contributed by atoms with Gasteiger partial charge in [0, 0.05) is 53.0 Å². The minimum absolute atomic E-state index is 0.144. The largest absolute Gasteiger partial charge is 0.379 e. The molecular weight excluding hydrogens is 385 g/mol. The monoisotopic (exact) mass is 405 g/mol. The Hall–Kier alpha value is -1.63. The molecule has 2 heterocycles. The molecule has 1 fully saturated rings. The Morgan fingerprint density at radius 1 is 1.11 bits per heavy atom. The van der Waals surface area contributed by atoms with Crippen LogP contribution in [0, 0.1) is 0 Å². The summed E-state index contributed by atoms with van der Waals surface area (Å²) in [5.74, 6) is -0.144. The quantitative estimate of drug-likeness (QED) is 0.802. The van der Waals surface area contributed by atoms with Crippen molar-refractivity contribution in [2.24, 2.45) is 0 Å². The van der Waals surface area contributed by atoms with Crippen LogP contribution in [0.2, 0.25) is 10.0 Å². The Kier molecular flexibility index (Phi) is 5.39. The number of hydrogen-bond acceptors (Lipinski definition) is 4. The summed E-state index contributed by atoms with van der Waals surface area (Å²) in [5.41, 5.74) is 1.22. The topological polar surface area (TPSA) is 53.6 Å². The fourth-order valence-electron chi connectivity index (χ4n) is 3.80. The van der Waals surface area contributed by atoms with Gasteiger partial charge in [-0.2, -0.15) is 0 Å². The van der Waals surface area contributed by atoms with Crippen LogP contribution >= 0.6 is 23.2 Å². The van der Waals surface area contributed by atoms with Crippen molar-refractivity contribution < 1.29 is 9.53 Å². The molecule has 2 aromatic rings. The first kappa shape index (κ1) is 18.7. The minimum Gasteiger partial charge on any atom is -0.379 e. The van der Waals surface area contributed by atoms with Crippen molar-refractivity contribution in [3.8, 4) is 0 Å². The van der Waals surface area contributed by atoms with Crippen LogP contribution in [0.15, 0.2) is 42.5 Å². The van der Waals surface area contributed by atoms with E-state index in [0.29, 0.717) is 16.6 Å². The number of anilines is 1. The van der Waals surface area contributed by atoms with Crippen LogP contribution in [-0.2, 0) is 15.1 Å². The zero-order valence-electron chi connectivity index (χ0n) is 14.8. The number of carbonyl (C=O) groups excluding carboxylic acids is 1. The molecule has 0 spiro atoms. The number of morpholine rings is 1. The SMILES string of the molecule is O=C1Nc2ccc(Cl)cc2C1(NCCN1CCOCC1)c1ccccc1Cl. The summed E-state index contributed by atoms with van der Waals surface area (Å²) < 4.78 is 5.40. The number of carbonyl (C=O) groups is 1. The molecule has 7 heteroatoms. The molecule has 0 saturated carbocycles. The number of amides is 1. The van der Waals surface area contributed by atoms with Gasteiger partial charge < -0.3 is 10.1 Å². The fraction of sp³-hybridized carbons (Fsp3) is 0.350. The van der Waals surface area contributed by atoms with Gasteiger partial charge in [0.05, 0.1) is 13.2 Å². The third-order valence-electron chi connectivity index (χ3n) is 5.17. The van der Waals surface area contributed by atoms with Gasteiger partial charge in [-0.15, -0.1) is 0 Å². The van der Waals surface area contributed by atoms with E-state index in [4.69, 9.17) is 27.9 Å². The van der Waals surface area contributed by atoms with Crippen LogP contribution in [0.4, 0.5) is 5.69 Å². The van der Waals surface area contributed by atoms with E-state index < -0.39 is 5.54 Å². The number of fused-ring (bicyclic) bond motifs is 1. The average molecular weight is 406 g/mol. The molecular formula is C20H21Cl2N3O2. The smallest absolute Gasteiger partial charge is 0.254 e. The summed E-state index contributed by atoms with van der Waals surface area (Å²) in [6, 6.07) is 12.9. The van der Waals surface area contributed by atoms with E-state index in [2.05, 4.69) is 15.5 Å².